The van der Waals surface area contributed by atoms with Crippen LogP contribution in [0.1, 0.15) is 36.2 Å². The first-order valence-electron chi connectivity index (χ1n) is 13.2. The van der Waals surface area contributed by atoms with Crippen molar-refractivity contribution in [1.82, 2.24) is 4.90 Å². The van der Waals surface area contributed by atoms with Crippen LogP contribution in [0.3, 0.4) is 0 Å². The highest BCUT2D eigenvalue weighted by atomic mass is 35.5. The van der Waals surface area contributed by atoms with E-state index in [9.17, 15) is 20.1 Å². The average molecular weight is 600 g/mol. The number of carbonyl (C=O) groups is 1. The van der Waals surface area contributed by atoms with Crippen LogP contribution in [0.25, 0.3) is 0 Å². The third kappa shape index (κ3) is 9.79. The van der Waals surface area contributed by atoms with Gasteiger partial charge in [0.25, 0.3) is 0 Å². The van der Waals surface area contributed by atoms with Crippen molar-refractivity contribution >= 4 is 18.2 Å². The molecule has 4 rings (SSSR count). The average Bonchev–Trinajstić information content (AvgIpc) is 3.38. The molecule has 12 heteroatoms. The number of carbonyl (C=O) groups excluding carboxylic acids is 1. The van der Waals surface area contributed by atoms with Crippen molar-refractivity contribution in [2.24, 2.45) is 0 Å². The first-order valence-corrected chi connectivity index (χ1v) is 13.2. The van der Waals surface area contributed by atoms with Crippen molar-refractivity contribution in [3.8, 4) is 17.2 Å². The van der Waals surface area contributed by atoms with Gasteiger partial charge < -0.3 is 49.0 Å². The minimum atomic E-state index is -1.01. The second-order valence-corrected chi connectivity index (χ2v) is 10.5. The summed E-state index contributed by atoms with van der Waals surface area (Å²) in [5, 5.41) is 37.8. The van der Waals surface area contributed by atoms with Crippen LogP contribution in [0.4, 0.5) is 0 Å². The summed E-state index contributed by atoms with van der Waals surface area (Å²) in [6, 6.07) is 11.1. The van der Waals surface area contributed by atoms with E-state index in [2.05, 4.69) is 4.90 Å². The van der Waals surface area contributed by atoms with Crippen LogP contribution in [0.15, 0.2) is 42.5 Å². The summed E-state index contributed by atoms with van der Waals surface area (Å²) in [5.41, 5.74) is 1.03. The SMILES string of the molecule is CN(C)CCCOC1C(C(O)CO)OC2OC(C)(C)OC21.COc1ccc(CC(=O)c2ccc(O)cc2O)cc1.Cl. The summed E-state index contributed by atoms with van der Waals surface area (Å²) < 4.78 is 28.0. The predicted molar refractivity (Wildman–Crippen MR) is 153 cm³/mol. The molecule has 2 aliphatic rings. The molecule has 5 unspecified atom stereocenters. The summed E-state index contributed by atoms with van der Waals surface area (Å²) in [6.45, 7) is 4.70. The molecular weight excluding hydrogens is 558 g/mol. The highest BCUT2D eigenvalue weighted by Gasteiger charge is 2.56. The lowest BCUT2D eigenvalue weighted by Gasteiger charge is -2.28. The normalized spacial score (nSPS) is 23.2. The maximum Gasteiger partial charge on any atom is 0.190 e. The number of fused-ring (bicyclic) bond motifs is 1. The zero-order valence-corrected chi connectivity index (χ0v) is 24.9. The molecule has 2 aliphatic heterocycles. The molecule has 2 heterocycles. The molecule has 4 N–H and O–H groups in total. The topological polar surface area (TPSA) is 147 Å². The molecule has 0 saturated carbocycles. The molecular formula is C29H42ClNO10. The van der Waals surface area contributed by atoms with Gasteiger partial charge >= 0.3 is 0 Å². The van der Waals surface area contributed by atoms with Crippen LogP contribution in [0.5, 0.6) is 17.2 Å². The lowest BCUT2D eigenvalue weighted by Crippen LogP contribution is -2.44. The number of phenols is 2. The zero-order valence-electron chi connectivity index (χ0n) is 24.1. The van der Waals surface area contributed by atoms with Crippen molar-refractivity contribution in [2.75, 3.05) is 41.0 Å². The molecule has 0 amide bonds. The van der Waals surface area contributed by atoms with E-state index in [-0.39, 0.29) is 54.4 Å². The van der Waals surface area contributed by atoms with Crippen molar-refractivity contribution in [3.05, 3.63) is 53.6 Å². The Kier molecular flexibility index (Phi) is 13.3. The summed E-state index contributed by atoms with van der Waals surface area (Å²) in [5.74, 6) is -0.487. The van der Waals surface area contributed by atoms with Crippen molar-refractivity contribution in [2.45, 2.75) is 63.2 Å². The van der Waals surface area contributed by atoms with Gasteiger partial charge in [0.2, 0.25) is 0 Å². The van der Waals surface area contributed by atoms with Crippen LogP contribution in [0.2, 0.25) is 0 Å². The largest absolute Gasteiger partial charge is 0.508 e. The van der Waals surface area contributed by atoms with Gasteiger partial charge in [-0.25, -0.2) is 0 Å². The molecule has 2 fully saturated rings. The van der Waals surface area contributed by atoms with E-state index in [4.69, 9.17) is 28.8 Å². The summed E-state index contributed by atoms with van der Waals surface area (Å²) in [6.07, 6.45) is -1.99. The Morgan fingerprint density at radius 1 is 1.10 bits per heavy atom. The molecule has 230 valence electrons. The molecule has 0 bridgehead atoms. The lowest BCUT2D eigenvalue weighted by atomic mass is 10.0. The quantitative estimate of drug-likeness (QED) is 0.223. The van der Waals surface area contributed by atoms with Crippen LogP contribution in [-0.4, -0.2) is 109 Å². The number of aliphatic hydroxyl groups is 2. The van der Waals surface area contributed by atoms with Gasteiger partial charge in [-0.05, 0) is 70.7 Å². The summed E-state index contributed by atoms with van der Waals surface area (Å²) in [7, 11) is 5.58. The monoisotopic (exact) mass is 599 g/mol. The molecule has 11 nitrogen and oxygen atoms in total. The number of aromatic hydroxyl groups is 2. The van der Waals surface area contributed by atoms with Crippen LogP contribution >= 0.6 is 12.4 Å². The van der Waals surface area contributed by atoms with Crippen LogP contribution in [0, 0.1) is 0 Å². The Morgan fingerprint density at radius 2 is 1.78 bits per heavy atom. The predicted octanol–water partition coefficient (Wildman–Crippen LogP) is 2.51. The van der Waals surface area contributed by atoms with Crippen LogP contribution < -0.4 is 4.74 Å². The fraction of sp³-hybridized carbons (Fsp3) is 0.552. The number of rotatable bonds is 11. The number of nitrogens with zero attached hydrogens (tertiary/aromatic N) is 1. The number of ketones is 1. The van der Waals surface area contributed by atoms with E-state index < -0.39 is 30.4 Å². The Hall–Kier alpha value is -2.48. The standard InChI is InChI=1S/C15H14O4.C14H27NO6.ClH/c1-19-12-5-2-10(3-6-12)8-14(17)13-7-4-11(16)9-15(13)18;1-14(2)20-12-11(18-7-5-6-15(3)4)10(9(17)8-16)19-13(12)21-14;/h2-7,9,16,18H,8H2,1H3;9-13,16-17H,5-8H2,1-4H3;1H. The fourth-order valence-electron chi connectivity index (χ4n) is 4.49. The van der Waals surface area contributed by atoms with Gasteiger partial charge in [0.05, 0.1) is 19.3 Å². The minimum Gasteiger partial charge on any atom is -0.508 e. The van der Waals surface area contributed by atoms with Gasteiger partial charge in [-0.2, -0.15) is 0 Å². The van der Waals surface area contributed by atoms with Crippen LogP contribution in [-0.2, 0) is 25.4 Å². The number of Topliss-reactive ketones (excluding diaryl/α,β-unsaturated/α-hetero) is 1. The number of methoxy groups -OCH3 is 1. The second kappa shape index (κ2) is 15.7. The molecule has 0 aliphatic carbocycles. The second-order valence-electron chi connectivity index (χ2n) is 10.5. The highest BCUT2D eigenvalue weighted by Crippen LogP contribution is 2.39. The number of ether oxygens (including phenoxy) is 5. The Bertz CT molecular complexity index is 1100. The van der Waals surface area contributed by atoms with Gasteiger partial charge in [-0.3, -0.25) is 4.79 Å². The molecule has 41 heavy (non-hydrogen) atoms. The lowest BCUT2D eigenvalue weighted by molar-refractivity contribution is -0.231. The number of phenolic OH excluding ortho intramolecular Hbond substituents is 2. The smallest absolute Gasteiger partial charge is 0.190 e. The van der Waals surface area contributed by atoms with Gasteiger partial charge in [0, 0.05) is 19.1 Å². The summed E-state index contributed by atoms with van der Waals surface area (Å²) >= 11 is 0. The first kappa shape index (κ1) is 34.7. The molecule has 2 aromatic carbocycles. The van der Waals surface area contributed by atoms with E-state index in [0.717, 1.165) is 30.3 Å². The van der Waals surface area contributed by atoms with E-state index in [1.807, 2.05) is 27.9 Å². The minimum absolute atomic E-state index is 0. The Morgan fingerprint density at radius 3 is 2.37 bits per heavy atom. The molecule has 2 aromatic rings. The Labute approximate surface area is 247 Å². The van der Waals surface area contributed by atoms with E-state index >= 15 is 0 Å². The first-order chi connectivity index (χ1) is 18.9. The highest BCUT2D eigenvalue weighted by molar-refractivity contribution is 6.00. The maximum absolute atomic E-state index is 12.0. The maximum atomic E-state index is 12.0. The Balaban J connectivity index is 0.000000281. The molecule has 0 spiro atoms. The number of aliphatic hydroxyl groups excluding tert-OH is 2. The molecule has 2 saturated heterocycles. The third-order valence-electron chi connectivity index (χ3n) is 6.46. The number of halogens is 1. The number of hydrogen-bond donors (Lipinski definition) is 4. The molecule has 0 aromatic heterocycles. The van der Waals surface area contributed by atoms with E-state index in [1.165, 1.54) is 12.1 Å². The zero-order chi connectivity index (χ0) is 29.4. The number of benzene rings is 2. The molecule has 5 atom stereocenters. The third-order valence-corrected chi connectivity index (χ3v) is 6.46. The van der Waals surface area contributed by atoms with Gasteiger partial charge in [-0.15, -0.1) is 12.4 Å². The van der Waals surface area contributed by atoms with Crippen molar-refractivity contribution < 1.29 is 48.9 Å². The molecule has 0 radical (unpaired) electrons. The van der Waals surface area contributed by atoms with Crippen molar-refractivity contribution in [3.63, 3.8) is 0 Å². The van der Waals surface area contributed by atoms with E-state index in [0.29, 0.717) is 6.61 Å². The van der Waals surface area contributed by atoms with Gasteiger partial charge in [0.15, 0.2) is 17.9 Å². The van der Waals surface area contributed by atoms with Crippen molar-refractivity contribution in [1.29, 1.82) is 0 Å². The van der Waals surface area contributed by atoms with E-state index in [1.54, 1.807) is 31.4 Å². The number of hydrogen-bond acceptors (Lipinski definition) is 11. The van der Waals surface area contributed by atoms with Gasteiger partial charge in [0.1, 0.15) is 41.7 Å². The fourth-order valence-corrected chi connectivity index (χ4v) is 4.49. The summed E-state index contributed by atoms with van der Waals surface area (Å²) in [4.78, 5) is 14.1. The van der Waals surface area contributed by atoms with Gasteiger partial charge in [-0.1, -0.05) is 12.1 Å².